The van der Waals surface area contributed by atoms with Crippen LogP contribution < -0.4 is 15.5 Å². The predicted molar refractivity (Wildman–Crippen MR) is 95.2 cm³/mol. The first-order valence-corrected chi connectivity index (χ1v) is 8.16. The van der Waals surface area contributed by atoms with Gasteiger partial charge in [-0.3, -0.25) is 9.79 Å². The molecule has 1 atom stereocenters. The number of likely N-dealkylation sites (N-methyl/N-ethyl adjacent to an activating group) is 1. The van der Waals surface area contributed by atoms with Gasteiger partial charge in [0.2, 0.25) is 5.91 Å². The fourth-order valence-electron chi connectivity index (χ4n) is 2.50. The summed E-state index contributed by atoms with van der Waals surface area (Å²) in [7, 11) is 5.09. The van der Waals surface area contributed by atoms with Gasteiger partial charge in [0.15, 0.2) is 5.96 Å². The Bertz CT molecular complexity index is 622. The molecule has 1 aromatic rings. The molecular weight excluding hydrogens is 333 g/mol. The Labute approximate surface area is 146 Å². The molecule has 0 radical (unpaired) electrons. The van der Waals surface area contributed by atoms with Gasteiger partial charge in [0.1, 0.15) is 5.82 Å². The molecule has 1 aromatic carbocycles. The van der Waals surface area contributed by atoms with Crippen LogP contribution in [0.2, 0.25) is 5.02 Å². The summed E-state index contributed by atoms with van der Waals surface area (Å²) >= 11 is 5.85. The summed E-state index contributed by atoms with van der Waals surface area (Å²) in [6.45, 7) is 1.79. The molecule has 2 N–H and O–H groups in total. The van der Waals surface area contributed by atoms with Crippen molar-refractivity contribution in [2.45, 2.75) is 12.5 Å². The number of nitrogens with zero attached hydrogens (tertiary/aromatic N) is 3. The smallest absolute Gasteiger partial charge is 0.241 e. The first-order valence-electron chi connectivity index (χ1n) is 7.78. The number of nitrogens with one attached hydrogen (secondary N) is 2. The van der Waals surface area contributed by atoms with Crippen LogP contribution in [0, 0.1) is 5.82 Å². The summed E-state index contributed by atoms with van der Waals surface area (Å²) in [4.78, 5) is 19.4. The van der Waals surface area contributed by atoms with Gasteiger partial charge in [-0.2, -0.15) is 0 Å². The molecule has 24 heavy (non-hydrogen) atoms. The molecule has 1 aliphatic rings. The Balaban J connectivity index is 1.88. The van der Waals surface area contributed by atoms with Gasteiger partial charge in [0, 0.05) is 46.0 Å². The summed E-state index contributed by atoms with van der Waals surface area (Å²) in [5.41, 5.74) is 0.899. The lowest BCUT2D eigenvalue weighted by atomic mass is 10.2. The molecule has 1 amide bonds. The minimum absolute atomic E-state index is 0.0213. The van der Waals surface area contributed by atoms with Crippen LogP contribution >= 0.6 is 11.6 Å². The Kier molecular flexibility index (Phi) is 6.25. The quantitative estimate of drug-likeness (QED) is 0.631. The molecule has 2 rings (SSSR count). The number of guanidine groups is 1. The zero-order valence-corrected chi connectivity index (χ0v) is 14.9. The fourth-order valence-corrected chi connectivity index (χ4v) is 2.67. The van der Waals surface area contributed by atoms with Crippen LogP contribution in [0.25, 0.3) is 0 Å². The second kappa shape index (κ2) is 8.19. The summed E-state index contributed by atoms with van der Waals surface area (Å²) in [6.07, 6.45) is 0.914. The standard InChI is InChI=1S/C16H23ClFN5O/c1-19-16(20-9-15(24)22(2)3)21-11-6-7-23(10-11)12-4-5-14(18)13(17)8-12/h4-5,8,11H,6-7,9-10H2,1-3H3,(H2,19,20,21). The number of rotatable bonds is 4. The zero-order valence-electron chi connectivity index (χ0n) is 14.1. The van der Waals surface area contributed by atoms with E-state index in [1.807, 2.05) is 0 Å². The van der Waals surface area contributed by atoms with Crippen LogP contribution in [0.3, 0.4) is 0 Å². The molecule has 1 aliphatic heterocycles. The summed E-state index contributed by atoms with van der Waals surface area (Å²) in [6, 6.07) is 4.94. The van der Waals surface area contributed by atoms with E-state index in [9.17, 15) is 9.18 Å². The normalized spacial score (nSPS) is 17.8. The number of halogens is 2. The molecule has 0 bridgehead atoms. The lowest BCUT2D eigenvalue weighted by Gasteiger charge is -2.21. The molecule has 0 aromatic heterocycles. The van der Waals surface area contributed by atoms with Gasteiger partial charge >= 0.3 is 0 Å². The van der Waals surface area contributed by atoms with Crippen LogP contribution in [-0.2, 0) is 4.79 Å². The van der Waals surface area contributed by atoms with E-state index in [-0.39, 0.29) is 23.5 Å². The van der Waals surface area contributed by atoms with Crippen molar-refractivity contribution in [2.75, 3.05) is 45.7 Å². The van der Waals surface area contributed by atoms with Crippen LogP contribution in [-0.4, -0.2) is 63.6 Å². The molecule has 1 unspecified atom stereocenters. The van der Waals surface area contributed by atoms with Gasteiger partial charge in [0.25, 0.3) is 0 Å². The van der Waals surface area contributed by atoms with E-state index in [0.717, 1.165) is 25.2 Å². The third-order valence-electron chi connectivity index (χ3n) is 3.93. The van der Waals surface area contributed by atoms with Gasteiger partial charge in [0.05, 0.1) is 11.6 Å². The average Bonchev–Trinajstić information content (AvgIpc) is 3.02. The predicted octanol–water partition coefficient (Wildman–Crippen LogP) is 1.31. The van der Waals surface area contributed by atoms with Crippen LogP contribution in [0.5, 0.6) is 0 Å². The number of benzene rings is 1. The van der Waals surface area contributed by atoms with E-state index >= 15 is 0 Å². The Hall–Kier alpha value is -2.02. The maximum Gasteiger partial charge on any atom is 0.241 e. The molecule has 1 fully saturated rings. The monoisotopic (exact) mass is 355 g/mol. The number of aliphatic imine (C=N–C) groups is 1. The highest BCUT2D eigenvalue weighted by molar-refractivity contribution is 6.31. The van der Waals surface area contributed by atoms with Gasteiger partial charge in [-0.05, 0) is 24.6 Å². The second-order valence-corrected chi connectivity index (χ2v) is 6.30. The average molecular weight is 356 g/mol. The van der Waals surface area contributed by atoms with Crippen LogP contribution in [0.1, 0.15) is 6.42 Å². The molecule has 6 nitrogen and oxygen atoms in total. The van der Waals surface area contributed by atoms with Crippen molar-refractivity contribution < 1.29 is 9.18 Å². The lowest BCUT2D eigenvalue weighted by Crippen LogP contribution is -2.47. The fraction of sp³-hybridized carbons (Fsp3) is 0.500. The summed E-state index contributed by atoms with van der Waals surface area (Å²) < 4.78 is 13.3. The van der Waals surface area contributed by atoms with E-state index in [2.05, 4.69) is 20.5 Å². The third-order valence-corrected chi connectivity index (χ3v) is 4.22. The first kappa shape index (κ1) is 18.3. The number of anilines is 1. The Morgan fingerprint density at radius 2 is 2.25 bits per heavy atom. The van der Waals surface area contributed by atoms with Crippen molar-refractivity contribution in [2.24, 2.45) is 4.99 Å². The van der Waals surface area contributed by atoms with E-state index in [4.69, 9.17) is 11.6 Å². The van der Waals surface area contributed by atoms with Crippen molar-refractivity contribution in [1.29, 1.82) is 0 Å². The largest absolute Gasteiger partial charge is 0.369 e. The maximum atomic E-state index is 13.3. The van der Waals surface area contributed by atoms with E-state index in [0.29, 0.717) is 5.96 Å². The van der Waals surface area contributed by atoms with E-state index in [1.165, 1.54) is 11.0 Å². The lowest BCUT2D eigenvalue weighted by molar-refractivity contribution is -0.127. The number of hydrogen-bond donors (Lipinski definition) is 2. The SMILES string of the molecule is CN=C(NCC(=O)N(C)C)NC1CCN(c2ccc(F)c(Cl)c2)C1. The molecule has 1 heterocycles. The molecular formula is C16H23ClFN5O. The first-order chi connectivity index (χ1) is 11.4. The number of amides is 1. The topological polar surface area (TPSA) is 60.0 Å². The molecule has 132 valence electrons. The zero-order chi connectivity index (χ0) is 17.7. The summed E-state index contributed by atoms with van der Waals surface area (Å²) in [5, 5.41) is 6.44. The van der Waals surface area contributed by atoms with Crippen molar-refractivity contribution in [1.82, 2.24) is 15.5 Å². The van der Waals surface area contributed by atoms with Crippen molar-refractivity contribution in [3.63, 3.8) is 0 Å². The molecule has 0 saturated carbocycles. The Morgan fingerprint density at radius 3 is 2.88 bits per heavy atom. The Morgan fingerprint density at radius 1 is 1.50 bits per heavy atom. The second-order valence-electron chi connectivity index (χ2n) is 5.89. The summed E-state index contributed by atoms with van der Waals surface area (Å²) in [5.74, 6) is 0.158. The van der Waals surface area contributed by atoms with Crippen molar-refractivity contribution in [3.8, 4) is 0 Å². The molecule has 8 heteroatoms. The van der Waals surface area contributed by atoms with Crippen LogP contribution in [0.15, 0.2) is 23.2 Å². The van der Waals surface area contributed by atoms with Crippen molar-refractivity contribution in [3.05, 3.63) is 29.0 Å². The van der Waals surface area contributed by atoms with E-state index < -0.39 is 5.82 Å². The minimum Gasteiger partial charge on any atom is -0.369 e. The molecule has 1 saturated heterocycles. The highest BCUT2D eigenvalue weighted by Crippen LogP contribution is 2.25. The highest BCUT2D eigenvalue weighted by Gasteiger charge is 2.24. The van der Waals surface area contributed by atoms with Gasteiger partial charge in [-0.25, -0.2) is 4.39 Å². The van der Waals surface area contributed by atoms with Gasteiger partial charge < -0.3 is 20.4 Å². The van der Waals surface area contributed by atoms with Gasteiger partial charge in [-0.15, -0.1) is 0 Å². The van der Waals surface area contributed by atoms with Gasteiger partial charge in [-0.1, -0.05) is 11.6 Å². The molecule has 0 spiro atoms. The number of hydrogen-bond acceptors (Lipinski definition) is 3. The van der Waals surface area contributed by atoms with Crippen molar-refractivity contribution >= 4 is 29.2 Å². The number of carbonyl (C=O) groups excluding carboxylic acids is 1. The maximum absolute atomic E-state index is 13.3. The molecule has 0 aliphatic carbocycles. The van der Waals surface area contributed by atoms with E-state index in [1.54, 1.807) is 33.3 Å². The third kappa shape index (κ3) is 4.74. The minimum atomic E-state index is -0.413. The number of carbonyl (C=O) groups is 1. The highest BCUT2D eigenvalue weighted by atomic mass is 35.5. The van der Waals surface area contributed by atoms with Crippen LogP contribution in [0.4, 0.5) is 10.1 Å².